The monoisotopic (exact) mass is 397 g/mol. The number of hydrogen-bond donors (Lipinski definition) is 0. The first-order valence-corrected chi connectivity index (χ1v) is 10.3. The van der Waals surface area contributed by atoms with E-state index in [0.29, 0.717) is 12.2 Å². The van der Waals surface area contributed by atoms with Crippen LogP contribution in [0.15, 0.2) is 53.8 Å². The maximum atomic E-state index is 12.6. The summed E-state index contributed by atoms with van der Waals surface area (Å²) >= 11 is 1.57. The van der Waals surface area contributed by atoms with Gasteiger partial charge in [-0.2, -0.15) is 0 Å². The van der Waals surface area contributed by atoms with Gasteiger partial charge in [0.05, 0.1) is 7.11 Å². The lowest BCUT2D eigenvalue weighted by molar-refractivity contribution is -0.131. The highest BCUT2D eigenvalue weighted by molar-refractivity contribution is 7.99. The minimum atomic E-state index is 0.204. The number of nitrogens with zero attached hydrogens (tertiary/aromatic N) is 5. The average molecular weight is 398 g/mol. The molecule has 0 radical (unpaired) electrons. The predicted molar refractivity (Wildman–Crippen MR) is 110 cm³/mol. The number of piperazine rings is 1. The van der Waals surface area contributed by atoms with Gasteiger partial charge >= 0.3 is 0 Å². The standard InChI is InChI=1S/C20H23N5O2S/c1-27-17-7-5-16(6-8-17)23-11-13-24(14-12-23)19(26)9-15-28-20-22-21-18-4-2-3-10-25(18)20/h2-8,10H,9,11-15H2,1H3. The molecule has 3 aromatic rings. The molecular formula is C20H23N5O2S. The Hall–Kier alpha value is -2.74. The van der Waals surface area contributed by atoms with Crippen LogP contribution in [0.3, 0.4) is 0 Å². The van der Waals surface area contributed by atoms with Crippen LogP contribution in [-0.2, 0) is 4.79 Å². The van der Waals surface area contributed by atoms with Crippen molar-refractivity contribution in [2.24, 2.45) is 0 Å². The summed E-state index contributed by atoms with van der Waals surface area (Å²) in [5.41, 5.74) is 1.99. The summed E-state index contributed by atoms with van der Waals surface area (Å²) in [6.45, 7) is 3.20. The summed E-state index contributed by atoms with van der Waals surface area (Å²) in [7, 11) is 1.67. The zero-order chi connectivity index (χ0) is 19.3. The molecule has 0 bridgehead atoms. The Morgan fingerprint density at radius 1 is 1.07 bits per heavy atom. The Bertz CT molecular complexity index is 935. The van der Waals surface area contributed by atoms with Gasteiger partial charge in [-0.1, -0.05) is 17.8 Å². The summed E-state index contributed by atoms with van der Waals surface area (Å²) < 4.78 is 7.16. The van der Waals surface area contributed by atoms with Crippen LogP contribution in [0, 0.1) is 0 Å². The van der Waals surface area contributed by atoms with E-state index >= 15 is 0 Å². The van der Waals surface area contributed by atoms with E-state index in [2.05, 4.69) is 27.2 Å². The van der Waals surface area contributed by atoms with Crippen LogP contribution in [0.5, 0.6) is 5.75 Å². The van der Waals surface area contributed by atoms with E-state index in [1.54, 1.807) is 18.9 Å². The summed E-state index contributed by atoms with van der Waals surface area (Å²) in [6, 6.07) is 13.9. The van der Waals surface area contributed by atoms with Crippen molar-refractivity contribution in [2.45, 2.75) is 11.6 Å². The van der Waals surface area contributed by atoms with Gasteiger partial charge in [0.15, 0.2) is 10.8 Å². The molecule has 0 saturated carbocycles. The highest BCUT2D eigenvalue weighted by Gasteiger charge is 2.21. The van der Waals surface area contributed by atoms with Crippen LogP contribution in [0.1, 0.15) is 6.42 Å². The summed E-state index contributed by atoms with van der Waals surface area (Å²) in [4.78, 5) is 16.8. The lowest BCUT2D eigenvalue weighted by Gasteiger charge is -2.36. The van der Waals surface area contributed by atoms with Crippen molar-refractivity contribution >= 4 is 29.0 Å². The van der Waals surface area contributed by atoms with Gasteiger partial charge < -0.3 is 14.5 Å². The number of methoxy groups -OCH3 is 1. The van der Waals surface area contributed by atoms with E-state index in [1.165, 1.54) is 5.69 Å². The Kier molecular flexibility index (Phi) is 5.66. The van der Waals surface area contributed by atoms with E-state index in [0.717, 1.165) is 42.7 Å². The molecule has 1 aliphatic rings. The number of carbonyl (C=O) groups is 1. The zero-order valence-electron chi connectivity index (χ0n) is 15.8. The quantitative estimate of drug-likeness (QED) is 0.596. The fourth-order valence-electron chi connectivity index (χ4n) is 3.31. The van der Waals surface area contributed by atoms with Crippen molar-refractivity contribution in [3.8, 4) is 5.75 Å². The second-order valence-electron chi connectivity index (χ2n) is 6.58. The van der Waals surface area contributed by atoms with Gasteiger partial charge in [0, 0.05) is 50.2 Å². The fraction of sp³-hybridized carbons (Fsp3) is 0.350. The number of amides is 1. The van der Waals surface area contributed by atoms with Crippen LogP contribution >= 0.6 is 11.8 Å². The maximum Gasteiger partial charge on any atom is 0.223 e. The number of thioether (sulfide) groups is 1. The summed E-state index contributed by atoms with van der Waals surface area (Å²) in [5.74, 6) is 1.76. The maximum absolute atomic E-state index is 12.6. The molecule has 4 rings (SSSR count). The molecule has 2 aromatic heterocycles. The highest BCUT2D eigenvalue weighted by Crippen LogP contribution is 2.21. The highest BCUT2D eigenvalue weighted by atomic mass is 32.2. The Morgan fingerprint density at radius 3 is 2.61 bits per heavy atom. The van der Waals surface area contributed by atoms with Gasteiger partial charge in [0.25, 0.3) is 0 Å². The van der Waals surface area contributed by atoms with E-state index < -0.39 is 0 Å². The molecule has 7 nitrogen and oxygen atoms in total. The molecule has 146 valence electrons. The van der Waals surface area contributed by atoms with Crippen LogP contribution in [0.25, 0.3) is 5.65 Å². The Labute approximate surface area is 168 Å². The lowest BCUT2D eigenvalue weighted by Crippen LogP contribution is -2.48. The van der Waals surface area contributed by atoms with Crippen molar-refractivity contribution in [1.29, 1.82) is 0 Å². The second kappa shape index (κ2) is 8.52. The molecule has 1 fully saturated rings. The van der Waals surface area contributed by atoms with Crippen molar-refractivity contribution in [2.75, 3.05) is 43.9 Å². The van der Waals surface area contributed by atoms with Crippen molar-refractivity contribution in [1.82, 2.24) is 19.5 Å². The lowest BCUT2D eigenvalue weighted by atomic mass is 10.2. The molecule has 1 amide bonds. The van der Waals surface area contributed by atoms with Crippen molar-refractivity contribution in [3.05, 3.63) is 48.7 Å². The van der Waals surface area contributed by atoms with E-state index in [-0.39, 0.29) is 5.91 Å². The third-order valence-electron chi connectivity index (χ3n) is 4.90. The van der Waals surface area contributed by atoms with Gasteiger partial charge in [-0.15, -0.1) is 10.2 Å². The number of pyridine rings is 1. The Morgan fingerprint density at radius 2 is 1.86 bits per heavy atom. The average Bonchev–Trinajstić information content (AvgIpc) is 3.17. The second-order valence-corrected chi connectivity index (χ2v) is 7.64. The number of fused-ring (bicyclic) bond motifs is 1. The molecule has 8 heteroatoms. The molecule has 28 heavy (non-hydrogen) atoms. The first-order chi connectivity index (χ1) is 13.7. The predicted octanol–water partition coefficient (Wildman–Crippen LogP) is 2.57. The number of benzene rings is 1. The van der Waals surface area contributed by atoms with E-state index in [1.807, 2.05) is 45.8 Å². The molecule has 0 atom stereocenters. The number of aromatic nitrogens is 3. The SMILES string of the molecule is COc1ccc(N2CCN(C(=O)CCSc3nnc4ccccn34)CC2)cc1. The molecule has 0 N–H and O–H groups in total. The van der Waals surface area contributed by atoms with Gasteiger partial charge in [-0.25, -0.2) is 0 Å². The number of anilines is 1. The molecule has 0 unspecified atom stereocenters. The topological polar surface area (TPSA) is 63.0 Å². The summed E-state index contributed by atoms with van der Waals surface area (Å²) in [5, 5.41) is 9.16. The van der Waals surface area contributed by atoms with Gasteiger partial charge in [-0.3, -0.25) is 9.20 Å². The molecule has 0 aliphatic carbocycles. The third kappa shape index (κ3) is 4.06. The van der Waals surface area contributed by atoms with E-state index in [9.17, 15) is 4.79 Å². The van der Waals surface area contributed by atoms with Crippen LogP contribution in [-0.4, -0.2) is 64.4 Å². The first kappa shape index (κ1) is 18.6. The van der Waals surface area contributed by atoms with Crippen molar-refractivity contribution in [3.63, 3.8) is 0 Å². The minimum Gasteiger partial charge on any atom is -0.497 e. The molecule has 1 aromatic carbocycles. The van der Waals surface area contributed by atoms with Gasteiger partial charge in [-0.05, 0) is 36.4 Å². The minimum absolute atomic E-state index is 0.204. The Balaban J connectivity index is 1.25. The number of carbonyl (C=O) groups excluding carboxylic acids is 1. The molecule has 1 aliphatic heterocycles. The van der Waals surface area contributed by atoms with Crippen LogP contribution in [0.4, 0.5) is 5.69 Å². The molecule has 0 spiro atoms. The van der Waals surface area contributed by atoms with Gasteiger partial charge in [0.1, 0.15) is 5.75 Å². The third-order valence-corrected chi connectivity index (χ3v) is 5.84. The largest absolute Gasteiger partial charge is 0.497 e. The fourth-order valence-corrected chi connectivity index (χ4v) is 4.16. The number of ether oxygens (including phenoxy) is 1. The number of rotatable bonds is 6. The van der Waals surface area contributed by atoms with Crippen LogP contribution in [0.2, 0.25) is 0 Å². The number of hydrogen-bond acceptors (Lipinski definition) is 6. The molecule has 1 saturated heterocycles. The smallest absolute Gasteiger partial charge is 0.223 e. The van der Waals surface area contributed by atoms with Gasteiger partial charge in [0.2, 0.25) is 5.91 Å². The first-order valence-electron chi connectivity index (χ1n) is 9.34. The summed E-state index contributed by atoms with van der Waals surface area (Å²) in [6.07, 6.45) is 2.45. The van der Waals surface area contributed by atoms with Crippen molar-refractivity contribution < 1.29 is 9.53 Å². The molecule has 3 heterocycles. The zero-order valence-corrected chi connectivity index (χ0v) is 16.6. The van der Waals surface area contributed by atoms with Crippen LogP contribution < -0.4 is 9.64 Å². The molecular weight excluding hydrogens is 374 g/mol. The van der Waals surface area contributed by atoms with E-state index in [4.69, 9.17) is 4.74 Å². The normalized spacial score (nSPS) is 14.5.